The lowest BCUT2D eigenvalue weighted by molar-refractivity contribution is 0.372. The number of hydrogen-bond donors (Lipinski definition) is 1. The van der Waals surface area contributed by atoms with Crippen molar-refractivity contribution < 1.29 is 4.18 Å². The van der Waals surface area contributed by atoms with Crippen LogP contribution in [0.3, 0.4) is 0 Å². The molecule has 2 aromatic rings. The molecule has 0 atom stereocenters. The van der Waals surface area contributed by atoms with Gasteiger partial charge < -0.3 is 8.75 Å². The highest BCUT2D eigenvalue weighted by Crippen LogP contribution is 2.36. The molecule has 1 aromatic heterocycles. The molecule has 2 nitrogen and oxygen atoms in total. The Kier molecular flexibility index (Phi) is 3.90. The fraction of sp³-hybridized carbons (Fsp3) is 0.412. The van der Waals surface area contributed by atoms with Crippen molar-refractivity contribution in [2.24, 2.45) is 7.05 Å². The summed E-state index contributed by atoms with van der Waals surface area (Å²) in [6, 6.07) is 8.47. The molecule has 106 valence electrons. The lowest BCUT2D eigenvalue weighted by Gasteiger charge is -2.14. The summed E-state index contributed by atoms with van der Waals surface area (Å²) in [5.74, 6) is 0. The van der Waals surface area contributed by atoms with Crippen molar-refractivity contribution in [2.75, 3.05) is 0 Å². The maximum Gasteiger partial charge on any atom is 0.0867 e. The van der Waals surface area contributed by atoms with Crippen molar-refractivity contribution in [1.29, 1.82) is 0 Å². The maximum absolute atomic E-state index is 5.06. The van der Waals surface area contributed by atoms with Crippen molar-refractivity contribution in [1.82, 2.24) is 4.57 Å². The van der Waals surface area contributed by atoms with Crippen LogP contribution in [0, 0.1) is 6.92 Å². The van der Waals surface area contributed by atoms with Gasteiger partial charge in [-0.05, 0) is 62.2 Å². The lowest BCUT2D eigenvalue weighted by atomic mass is 9.94. The Morgan fingerprint density at radius 2 is 1.95 bits per heavy atom. The molecular formula is C17H21NOS. The van der Waals surface area contributed by atoms with Gasteiger partial charge in [0.2, 0.25) is 0 Å². The summed E-state index contributed by atoms with van der Waals surface area (Å²) in [5, 5.41) is 0. The molecule has 1 heterocycles. The van der Waals surface area contributed by atoms with Crippen molar-refractivity contribution in [3.05, 3.63) is 46.6 Å². The molecule has 1 aliphatic carbocycles. The maximum atomic E-state index is 5.06. The Bertz CT molecular complexity index is 601. The fourth-order valence-corrected chi connectivity index (χ4v) is 3.66. The van der Waals surface area contributed by atoms with Gasteiger partial charge in [0.1, 0.15) is 0 Å². The van der Waals surface area contributed by atoms with Gasteiger partial charge in [-0.25, -0.2) is 0 Å². The monoisotopic (exact) mass is 287 g/mol. The smallest absolute Gasteiger partial charge is 0.0867 e. The summed E-state index contributed by atoms with van der Waals surface area (Å²) < 4.78 is 7.45. The Balaban J connectivity index is 2.18. The van der Waals surface area contributed by atoms with E-state index in [9.17, 15) is 0 Å². The van der Waals surface area contributed by atoms with Crippen LogP contribution in [0.4, 0.5) is 0 Å². The topological polar surface area (TPSA) is 14.2 Å². The summed E-state index contributed by atoms with van der Waals surface area (Å²) in [7, 11) is 2.20. The molecule has 0 N–H and O–H groups in total. The first-order valence-corrected chi connectivity index (χ1v) is 7.62. The van der Waals surface area contributed by atoms with E-state index in [0.717, 1.165) is 0 Å². The SMILES string of the molecule is Cc1c2c(n(C)c1-c1ccccc1COS)CCCC2. The van der Waals surface area contributed by atoms with E-state index < -0.39 is 0 Å². The van der Waals surface area contributed by atoms with Crippen LogP contribution in [-0.2, 0) is 30.7 Å². The molecule has 20 heavy (non-hydrogen) atoms. The van der Waals surface area contributed by atoms with Gasteiger partial charge in [-0.2, -0.15) is 0 Å². The van der Waals surface area contributed by atoms with Crippen LogP contribution in [0.25, 0.3) is 11.3 Å². The van der Waals surface area contributed by atoms with Crippen molar-refractivity contribution in [3.8, 4) is 11.3 Å². The number of rotatable bonds is 3. The highest BCUT2D eigenvalue weighted by molar-refractivity contribution is 7.75. The van der Waals surface area contributed by atoms with E-state index >= 15 is 0 Å². The average Bonchev–Trinajstić information content (AvgIpc) is 2.73. The number of hydrogen-bond acceptors (Lipinski definition) is 2. The fourth-order valence-electron chi connectivity index (χ4n) is 3.52. The Morgan fingerprint density at radius 1 is 1.20 bits per heavy atom. The molecule has 0 saturated heterocycles. The van der Waals surface area contributed by atoms with Crippen molar-refractivity contribution in [3.63, 3.8) is 0 Å². The van der Waals surface area contributed by atoms with Gasteiger partial charge in [0.25, 0.3) is 0 Å². The van der Waals surface area contributed by atoms with Crippen LogP contribution in [-0.4, -0.2) is 4.57 Å². The molecule has 0 saturated carbocycles. The number of thiol groups is 1. The van der Waals surface area contributed by atoms with Crippen molar-refractivity contribution in [2.45, 2.75) is 39.2 Å². The summed E-state index contributed by atoms with van der Waals surface area (Å²) in [6.45, 7) is 2.80. The Labute approximate surface area is 126 Å². The van der Waals surface area contributed by atoms with Gasteiger partial charge in [-0.15, -0.1) is 0 Å². The quantitative estimate of drug-likeness (QED) is 0.658. The summed E-state index contributed by atoms with van der Waals surface area (Å²) in [6.07, 6.45) is 5.06. The molecule has 1 aromatic carbocycles. The summed E-state index contributed by atoms with van der Waals surface area (Å²) >= 11 is 3.91. The molecule has 0 unspecified atom stereocenters. The van der Waals surface area contributed by atoms with E-state index in [1.807, 2.05) is 0 Å². The zero-order valence-electron chi connectivity index (χ0n) is 12.1. The highest BCUT2D eigenvalue weighted by atomic mass is 32.1. The van der Waals surface area contributed by atoms with E-state index in [0.29, 0.717) is 6.61 Å². The number of benzene rings is 1. The summed E-state index contributed by atoms with van der Waals surface area (Å²) in [4.78, 5) is 0. The van der Waals surface area contributed by atoms with Crippen LogP contribution in [0.15, 0.2) is 24.3 Å². The second-order valence-electron chi connectivity index (χ2n) is 5.60. The molecule has 0 fully saturated rings. The van der Waals surface area contributed by atoms with Gasteiger partial charge in [0.05, 0.1) is 12.3 Å². The van der Waals surface area contributed by atoms with E-state index in [1.54, 1.807) is 5.56 Å². The van der Waals surface area contributed by atoms with E-state index in [1.165, 1.54) is 53.8 Å². The normalized spacial score (nSPS) is 14.3. The standard InChI is InChI=1S/C17H21NOS/c1-12-14-8-5-6-10-16(14)18(2)17(12)15-9-4-3-7-13(15)11-19-20/h3-4,7,9,20H,5-6,8,10-11H2,1-2H3. The van der Waals surface area contributed by atoms with Crippen LogP contribution in [0.5, 0.6) is 0 Å². The molecule has 0 amide bonds. The first-order valence-electron chi connectivity index (χ1n) is 7.25. The Hall–Kier alpha value is -1.19. The van der Waals surface area contributed by atoms with E-state index in [-0.39, 0.29) is 0 Å². The molecule has 0 aliphatic heterocycles. The molecule has 0 radical (unpaired) electrons. The minimum Gasteiger partial charge on any atom is -0.347 e. The van der Waals surface area contributed by atoms with Crippen LogP contribution < -0.4 is 0 Å². The van der Waals surface area contributed by atoms with Crippen LogP contribution in [0.1, 0.15) is 35.2 Å². The average molecular weight is 287 g/mol. The van der Waals surface area contributed by atoms with Gasteiger partial charge >= 0.3 is 0 Å². The predicted octanol–water partition coefficient (Wildman–Crippen LogP) is 4.24. The molecule has 3 heteroatoms. The van der Waals surface area contributed by atoms with Crippen LogP contribution >= 0.6 is 12.9 Å². The highest BCUT2D eigenvalue weighted by Gasteiger charge is 2.22. The number of nitrogens with zero attached hydrogens (tertiary/aromatic N) is 1. The molecule has 0 bridgehead atoms. The van der Waals surface area contributed by atoms with E-state index in [4.69, 9.17) is 4.18 Å². The zero-order valence-corrected chi connectivity index (χ0v) is 13.0. The number of aromatic nitrogens is 1. The number of fused-ring (bicyclic) bond motifs is 1. The predicted molar refractivity (Wildman–Crippen MR) is 86.0 cm³/mol. The lowest BCUT2D eigenvalue weighted by Crippen LogP contribution is -2.06. The molecule has 0 spiro atoms. The van der Waals surface area contributed by atoms with Crippen molar-refractivity contribution >= 4 is 12.9 Å². The van der Waals surface area contributed by atoms with Gasteiger partial charge in [-0.3, -0.25) is 0 Å². The minimum atomic E-state index is 0.536. The molecular weight excluding hydrogens is 266 g/mol. The zero-order chi connectivity index (χ0) is 14.1. The Morgan fingerprint density at radius 3 is 2.70 bits per heavy atom. The van der Waals surface area contributed by atoms with Gasteiger partial charge in [0.15, 0.2) is 0 Å². The van der Waals surface area contributed by atoms with Crippen LogP contribution in [0.2, 0.25) is 0 Å². The first-order chi connectivity index (χ1) is 9.74. The third-order valence-electron chi connectivity index (χ3n) is 4.48. The van der Waals surface area contributed by atoms with Gasteiger partial charge in [-0.1, -0.05) is 24.3 Å². The molecule has 3 rings (SSSR count). The van der Waals surface area contributed by atoms with E-state index in [2.05, 4.69) is 55.7 Å². The molecule has 1 aliphatic rings. The first kappa shape index (κ1) is 13.8. The second-order valence-corrected chi connectivity index (χ2v) is 5.85. The van der Waals surface area contributed by atoms with Gasteiger partial charge in [0, 0.05) is 18.3 Å². The largest absolute Gasteiger partial charge is 0.347 e. The minimum absolute atomic E-state index is 0.536. The third kappa shape index (κ3) is 2.19. The third-order valence-corrected chi connectivity index (χ3v) is 4.61. The summed E-state index contributed by atoms with van der Waals surface area (Å²) in [5.41, 5.74) is 8.34. The second kappa shape index (κ2) is 5.66.